The Labute approximate surface area is 188 Å². The summed E-state index contributed by atoms with van der Waals surface area (Å²) in [5, 5.41) is 12.7. The van der Waals surface area contributed by atoms with Gasteiger partial charge in [-0.05, 0) is 77.5 Å². The Balaban J connectivity index is 1.25. The summed E-state index contributed by atoms with van der Waals surface area (Å²) in [4.78, 5) is 25.0. The lowest BCUT2D eigenvalue weighted by molar-refractivity contribution is -0.152. The number of amides is 1. The average Bonchev–Trinajstić information content (AvgIpc) is 3.57. The molecule has 2 saturated carbocycles. The molecule has 6 rings (SSSR count). The number of anilines is 1. The highest BCUT2D eigenvalue weighted by Crippen LogP contribution is 2.63. The number of carbonyl (C=O) groups excluding carboxylic acids is 1. The molecule has 0 spiro atoms. The zero-order chi connectivity index (χ0) is 22.6. The van der Waals surface area contributed by atoms with Crippen molar-refractivity contribution in [2.24, 2.45) is 35.5 Å². The van der Waals surface area contributed by atoms with Gasteiger partial charge in [0.05, 0.1) is 11.8 Å². The molecule has 166 valence electrons. The van der Waals surface area contributed by atoms with Gasteiger partial charge in [0.25, 0.3) is 0 Å². The van der Waals surface area contributed by atoms with Crippen LogP contribution in [0.1, 0.15) is 32.8 Å². The molecule has 6 atom stereocenters. The number of carboxylic acids is 1. The zero-order valence-electron chi connectivity index (χ0n) is 18.6. The third-order valence-corrected chi connectivity index (χ3v) is 7.32. The van der Waals surface area contributed by atoms with Crippen molar-refractivity contribution < 1.29 is 19.4 Å². The molecule has 2 aromatic rings. The van der Waals surface area contributed by atoms with Crippen LogP contribution in [0.3, 0.4) is 0 Å². The molecule has 2 fully saturated rings. The summed E-state index contributed by atoms with van der Waals surface area (Å²) in [6.45, 7) is 6.52. The third-order valence-electron chi connectivity index (χ3n) is 7.32. The summed E-state index contributed by atoms with van der Waals surface area (Å²) >= 11 is 0. The van der Waals surface area contributed by atoms with Crippen LogP contribution in [-0.2, 0) is 15.0 Å². The number of allylic oxidation sites excluding steroid dienone is 2. The highest BCUT2D eigenvalue weighted by Gasteiger charge is 2.62. The Morgan fingerprint density at radius 3 is 1.94 bits per heavy atom. The van der Waals surface area contributed by atoms with Gasteiger partial charge < -0.3 is 15.2 Å². The standard InChI is InChI=1S/C27H29NO4/c1-27(2,3)15-4-8-17(9-5-15)32-18-10-6-16(7-11-18)28-25(29)23-19-12-13-20(22-14-21(19)22)24(23)26(30)31/h4-13,19-24H,14H2,1-3H3,(H,28,29)(H,30,31)/t19-,20-,21-,22-,23+,24+/m1/s1. The van der Waals surface area contributed by atoms with Crippen LogP contribution in [0.15, 0.2) is 60.7 Å². The number of aliphatic carboxylic acids is 1. The second-order valence-electron chi connectivity index (χ2n) is 10.4. The van der Waals surface area contributed by atoms with Crippen molar-refractivity contribution in [1.82, 2.24) is 0 Å². The molecule has 0 aromatic heterocycles. The van der Waals surface area contributed by atoms with E-state index in [1.54, 1.807) is 12.1 Å². The maximum atomic E-state index is 13.1. The summed E-state index contributed by atoms with van der Waals surface area (Å²) in [6, 6.07) is 15.3. The Kier molecular flexibility index (Phi) is 4.88. The first-order valence-corrected chi connectivity index (χ1v) is 11.3. The lowest BCUT2D eigenvalue weighted by Gasteiger charge is -2.41. The fraction of sp³-hybridized carbons (Fsp3) is 0.407. The van der Waals surface area contributed by atoms with Gasteiger partial charge in [-0.1, -0.05) is 45.1 Å². The maximum Gasteiger partial charge on any atom is 0.307 e. The first-order valence-electron chi connectivity index (χ1n) is 11.3. The summed E-state index contributed by atoms with van der Waals surface area (Å²) in [5.41, 5.74) is 1.98. The molecule has 2 aromatic carbocycles. The number of ether oxygens (including phenoxy) is 1. The van der Waals surface area contributed by atoms with Gasteiger partial charge in [0, 0.05) is 5.69 Å². The highest BCUT2D eigenvalue weighted by molar-refractivity contribution is 5.96. The summed E-state index contributed by atoms with van der Waals surface area (Å²) in [6.07, 6.45) is 5.14. The van der Waals surface area contributed by atoms with Crippen molar-refractivity contribution in [3.8, 4) is 11.5 Å². The van der Waals surface area contributed by atoms with Crippen molar-refractivity contribution in [1.29, 1.82) is 0 Å². The number of hydrogen-bond acceptors (Lipinski definition) is 3. The van der Waals surface area contributed by atoms with E-state index < -0.39 is 17.8 Å². The first kappa shape index (κ1) is 20.8. The van der Waals surface area contributed by atoms with E-state index in [0.29, 0.717) is 23.3 Å². The van der Waals surface area contributed by atoms with Gasteiger partial charge in [0.2, 0.25) is 5.91 Å². The molecule has 0 aliphatic heterocycles. The lowest BCUT2D eigenvalue weighted by atomic mass is 9.62. The van der Waals surface area contributed by atoms with Crippen LogP contribution < -0.4 is 10.1 Å². The Morgan fingerprint density at radius 1 is 0.875 bits per heavy atom. The third kappa shape index (κ3) is 3.70. The van der Waals surface area contributed by atoms with Gasteiger partial charge >= 0.3 is 5.97 Å². The van der Waals surface area contributed by atoms with Crippen LogP contribution in [0.2, 0.25) is 0 Å². The minimum Gasteiger partial charge on any atom is -0.481 e. The lowest BCUT2D eigenvalue weighted by Crippen LogP contribution is -2.48. The molecule has 4 aliphatic rings. The van der Waals surface area contributed by atoms with E-state index in [1.807, 2.05) is 30.3 Å². The van der Waals surface area contributed by atoms with Crippen LogP contribution in [0, 0.1) is 35.5 Å². The molecule has 1 amide bonds. The fourth-order valence-electron chi connectivity index (χ4n) is 5.56. The van der Waals surface area contributed by atoms with Crippen molar-refractivity contribution in [2.45, 2.75) is 32.6 Å². The van der Waals surface area contributed by atoms with Gasteiger partial charge in [-0.3, -0.25) is 9.59 Å². The predicted octanol–water partition coefficient (Wildman–Crippen LogP) is 5.48. The van der Waals surface area contributed by atoms with E-state index >= 15 is 0 Å². The molecule has 0 saturated heterocycles. The number of carbonyl (C=O) groups is 2. The number of nitrogens with one attached hydrogen (secondary N) is 1. The van der Waals surface area contributed by atoms with Gasteiger partial charge in [-0.25, -0.2) is 0 Å². The van der Waals surface area contributed by atoms with Crippen LogP contribution in [0.4, 0.5) is 5.69 Å². The van der Waals surface area contributed by atoms with E-state index in [2.05, 4.69) is 44.3 Å². The Hall–Kier alpha value is -3.08. The number of benzene rings is 2. The molecular formula is C27H29NO4. The van der Waals surface area contributed by atoms with Gasteiger partial charge in [0.1, 0.15) is 11.5 Å². The van der Waals surface area contributed by atoms with Crippen LogP contribution in [-0.4, -0.2) is 17.0 Å². The van der Waals surface area contributed by atoms with Gasteiger partial charge in [-0.15, -0.1) is 0 Å². The largest absolute Gasteiger partial charge is 0.481 e. The smallest absolute Gasteiger partial charge is 0.307 e. The maximum absolute atomic E-state index is 13.1. The van der Waals surface area contributed by atoms with Crippen LogP contribution in [0.5, 0.6) is 11.5 Å². The number of hydrogen-bond donors (Lipinski definition) is 2. The van der Waals surface area contributed by atoms with Crippen molar-refractivity contribution in [3.05, 3.63) is 66.2 Å². The van der Waals surface area contributed by atoms with E-state index in [9.17, 15) is 14.7 Å². The van der Waals surface area contributed by atoms with Crippen LogP contribution >= 0.6 is 0 Å². The molecule has 32 heavy (non-hydrogen) atoms. The van der Waals surface area contributed by atoms with Gasteiger partial charge in [-0.2, -0.15) is 0 Å². The highest BCUT2D eigenvalue weighted by atomic mass is 16.5. The van der Waals surface area contributed by atoms with Crippen molar-refractivity contribution in [3.63, 3.8) is 0 Å². The van der Waals surface area contributed by atoms with E-state index in [4.69, 9.17) is 4.74 Å². The minimum absolute atomic E-state index is 0.0151. The second-order valence-corrected chi connectivity index (χ2v) is 10.4. The average molecular weight is 432 g/mol. The molecule has 5 nitrogen and oxygen atoms in total. The van der Waals surface area contributed by atoms with Gasteiger partial charge in [0.15, 0.2) is 0 Å². The molecule has 2 bridgehead atoms. The summed E-state index contributed by atoms with van der Waals surface area (Å²) in [7, 11) is 0. The topological polar surface area (TPSA) is 75.6 Å². The van der Waals surface area contributed by atoms with E-state index in [-0.39, 0.29) is 23.2 Å². The molecular weight excluding hydrogens is 402 g/mol. The number of rotatable bonds is 5. The normalized spacial score (nSPS) is 29.8. The first-order chi connectivity index (χ1) is 15.2. The molecule has 0 heterocycles. The summed E-state index contributed by atoms with van der Waals surface area (Å²) < 4.78 is 5.93. The predicted molar refractivity (Wildman–Crippen MR) is 123 cm³/mol. The van der Waals surface area contributed by atoms with Crippen molar-refractivity contribution >= 4 is 17.6 Å². The Bertz CT molecular complexity index is 1060. The summed E-state index contributed by atoms with van der Waals surface area (Å²) in [5.74, 6) is 0.156. The van der Waals surface area contributed by atoms with E-state index in [1.165, 1.54) is 5.56 Å². The SMILES string of the molecule is CC(C)(C)c1ccc(Oc2ccc(NC(=O)[C@H]3[C@@H]4C=C[C@H]([C@H]5C[C@H]45)[C@@H]3C(=O)O)cc2)cc1. The minimum atomic E-state index is -0.865. The quantitative estimate of drug-likeness (QED) is 0.615. The number of carboxylic acid groups (broad SMARTS) is 1. The molecule has 4 aliphatic carbocycles. The zero-order valence-corrected chi connectivity index (χ0v) is 18.6. The molecule has 2 N–H and O–H groups in total. The number of fused-ring (bicyclic) bond motifs is 1. The molecule has 5 heteroatoms. The molecule has 0 unspecified atom stereocenters. The monoisotopic (exact) mass is 431 g/mol. The van der Waals surface area contributed by atoms with Crippen LogP contribution in [0.25, 0.3) is 0 Å². The second kappa shape index (κ2) is 7.51. The van der Waals surface area contributed by atoms with Crippen molar-refractivity contribution in [2.75, 3.05) is 5.32 Å². The Morgan fingerprint density at radius 2 is 1.41 bits per heavy atom. The molecule has 0 radical (unpaired) electrons. The fourth-order valence-corrected chi connectivity index (χ4v) is 5.56. The van der Waals surface area contributed by atoms with E-state index in [0.717, 1.165) is 12.2 Å².